The van der Waals surface area contributed by atoms with Gasteiger partial charge in [0.1, 0.15) is 12.4 Å². The van der Waals surface area contributed by atoms with Crippen LogP contribution >= 0.6 is 23.2 Å². The Bertz CT molecular complexity index is 1510. The van der Waals surface area contributed by atoms with Crippen LogP contribution < -0.4 is 21.4 Å². The first kappa shape index (κ1) is 23.6. The Kier molecular flexibility index (Phi) is 6.76. The number of nitrogens with one attached hydrogen (secondary N) is 1. The molecule has 0 bridgehead atoms. The van der Waals surface area contributed by atoms with Crippen molar-refractivity contribution in [3.63, 3.8) is 0 Å². The van der Waals surface area contributed by atoms with Crippen molar-refractivity contribution < 1.29 is 4.74 Å². The van der Waals surface area contributed by atoms with Crippen molar-refractivity contribution in [3.05, 3.63) is 85.0 Å². The molecule has 0 amide bonds. The summed E-state index contributed by atoms with van der Waals surface area (Å²) in [5.74, 6) is 0.802. The second-order valence-electron chi connectivity index (χ2n) is 7.71. The van der Waals surface area contributed by atoms with Crippen LogP contribution in [-0.4, -0.2) is 31.0 Å². The fourth-order valence-electron chi connectivity index (χ4n) is 3.40. The number of fused-ring (bicyclic) bond motifs is 1. The number of benzene rings is 2. The Hall–Kier alpha value is -3.56. The van der Waals surface area contributed by atoms with Gasteiger partial charge in [-0.05, 0) is 30.7 Å². The molecule has 0 radical (unpaired) electrons. The quantitative estimate of drug-likeness (QED) is 0.308. The van der Waals surface area contributed by atoms with Gasteiger partial charge in [0.25, 0.3) is 5.56 Å². The molecule has 2 heterocycles. The monoisotopic (exact) mass is 500 g/mol. The average molecular weight is 501 g/mol. The molecule has 0 spiro atoms. The third kappa shape index (κ3) is 4.71. The van der Waals surface area contributed by atoms with Gasteiger partial charge in [0, 0.05) is 19.1 Å². The summed E-state index contributed by atoms with van der Waals surface area (Å²) in [6.45, 7) is 2.29. The summed E-state index contributed by atoms with van der Waals surface area (Å²) in [6.07, 6.45) is 0. The molecule has 0 aliphatic carbocycles. The van der Waals surface area contributed by atoms with Crippen molar-refractivity contribution in [2.45, 2.75) is 13.5 Å². The van der Waals surface area contributed by atoms with Crippen molar-refractivity contribution >= 4 is 46.0 Å². The Labute approximate surface area is 204 Å². The first-order valence-electron chi connectivity index (χ1n) is 10.3. The van der Waals surface area contributed by atoms with Crippen LogP contribution in [0.2, 0.25) is 10.0 Å². The summed E-state index contributed by atoms with van der Waals surface area (Å²) >= 11 is 12.1. The van der Waals surface area contributed by atoms with E-state index in [1.807, 2.05) is 30.3 Å². The Morgan fingerprint density at radius 2 is 1.82 bits per heavy atom. The molecule has 0 saturated heterocycles. The summed E-state index contributed by atoms with van der Waals surface area (Å²) in [6, 6.07) is 14.6. The molecule has 34 heavy (non-hydrogen) atoms. The molecule has 4 rings (SSSR count). The number of hydrogen-bond acceptors (Lipinski definition) is 6. The summed E-state index contributed by atoms with van der Waals surface area (Å²) in [5, 5.41) is 5.27. The highest BCUT2D eigenvalue weighted by Crippen LogP contribution is 2.27. The lowest BCUT2D eigenvalue weighted by Crippen LogP contribution is -2.37. The van der Waals surface area contributed by atoms with Gasteiger partial charge in [0.2, 0.25) is 5.95 Å². The second-order valence-corrected chi connectivity index (χ2v) is 8.55. The SMILES string of the molecule is CC(COc1ccc(Cl)cc1Cl)=NNc1nc2c(c(=O)n(C)c(=O)n2C)n1Cc1ccccc1. The van der Waals surface area contributed by atoms with Crippen LogP contribution in [0.15, 0.2) is 63.2 Å². The lowest BCUT2D eigenvalue weighted by molar-refractivity contribution is 0.376. The van der Waals surface area contributed by atoms with E-state index in [0.29, 0.717) is 39.5 Å². The molecule has 1 N–H and O–H groups in total. The number of imidazole rings is 1. The van der Waals surface area contributed by atoms with E-state index in [4.69, 9.17) is 27.9 Å². The van der Waals surface area contributed by atoms with Crippen molar-refractivity contribution in [2.75, 3.05) is 12.0 Å². The largest absolute Gasteiger partial charge is 0.486 e. The molecule has 0 unspecified atom stereocenters. The standard InChI is InChI=1S/C23H22Cl2N6O3/c1-14(13-34-18-10-9-16(24)11-17(18)25)27-28-22-26-20-19(21(32)30(3)23(33)29(20)2)31(22)12-15-7-5-4-6-8-15/h4-11H,12-13H2,1-3H3,(H,26,28). The minimum absolute atomic E-state index is 0.160. The smallest absolute Gasteiger partial charge is 0.332 e. The highest BCUT2D eigenvalue weighted by atomic mass is 35.5. The summed E-state index contributed by atoms with van der Waals surface area (Å²) < 4.78 is 9.82. The summed E-state index contributed by atoms with van der Waals surface area (Å²) in [4.78, 5) is 29.9. The van der Waals surface area contributed by atoms with Crippen LogP contribution in [0.3, 0.4) is 0 Å². The Morgan fingerprint density at radius 3 is 2.53 bits per heavy atom. The van der Waals surface area contributed by atoms with Gasteiger partial charge in [-0.3, -0.25) is 18.5 Å². The third-order valence-electron chi connectivity index (χ3n) is 5.21. The maximum absolute atomic E-state index is 13.0. The summed E-state index contributed by atoms with van der Waals surface area (Å²) in [7, 11) is 3.02. The number of hydrogen-bond donors (Lipinski definition) is 1. The first-order valence-corrected chi connectivity index (χ1v) is 11.1. The number of hydrazone groups is 1. The fraction of sp³-hybridized carbons (Fsp3) is 0.217. The highest BCUT2D eigenvalue weighted by molar-refractivity contribution is 6.35. The topological polar surface area (TPSA) is 95.4 Å². The predicted octanol–water partition coefficient (Wildman–Crippen LogP) is 3.66. The molecular formula is C23H22Cl2N6O3. The van der Waals surface area contributed by atoms with Crippen LogP contribution in [0.1, 0.15) is 12.5 Å². The van der Waals surface area contributed by atoms with E-state index in [-0.39, 0.29) is 12.3 Å². The lowest BCUT2D eigenvalue weighted by Gasteiger charge is -2.10. The molecule has 4 aromatic rings. The third-order valence-corrected chi connectivity index (χ3v) is 5.74. The molecule has 0 aliphatic rings. The van der Waals surface area contributed by atoms with Gasteiger partial charge in [-0.15, -0.1) is 0 Å². The van der Waals surface area contributed by atoms with Crippen LogP contribution in [0.25, 0.3) is 11.2 Å². The van der Waals surface area contributed by atoms with Crippen LogP contribution in [0.4, 0.5) is 5.95 Å². The minimum Gasteiger partial charge on any atom is -0.486 e. The molecule has 2 aromatic heterocycles. The maximum atomic E-state index is 13.0. The van der Waals surface area contributed by atoms with E-state index in [9.17, 15) is 9.59 Å². The molecule has 176 valence electrons. The zero-order valence-electron chi connectivity index (χ0n) is 18.7. The number of rotatable bonds is 7. The molecule has 0 saturated carbocycles. The minimum atomic E-state index is -0.457. The van der Waals surface area contributed by atoms with Gasteiger partial charge in [0.05, 0.1) is 17.3 Å². The number of aromatic nitrogens is 4. The number of aryl methyl sites for hydroxylation is 1. The van der Waals surface area contributed by atoms with Crippen molar-refractivity contribution in [3.8, 4) is 5.75 Å². The van der Waals surface area contributed by atoms with E-state index < -0.39 is 11.2 Å². The molecule has 0 atom stereocenters. The van der Waals surface area contributed by atoms with Gasteiger partial charge >= 0.3 is 5.69 Å². The Morgan fingerprint density at radius 1 is 1.09 bits per heavy atom. The fourth-order valence-corrected chi connectivity index (χ4v) is 3.87. The maximum Gasteiger partial charge on any atom is 0.332 e. The van der Waals surface area contributed by atoms with Crippen LogP contribution in [0, 0.1) is 0 Å². The average Bonchev–Trinajstić information content (AvgIpc) is 3.18. The first-order chi connectivity index (χ1) is 16.3. The van der Waals surface area contributed by atoms with Gasteiger partial charge in [-0.2, -0.15) is 10.1 Å². The van der Waals surface area contributed by atoms with Gasteiger partial charge in [0.15, 0.2) is 11.2 Å². The molecule has 0 fully saturated rings. The van der Waals surface area contributed by atoms with Crippen LogP contribution in [0.5, 0.6) is 5.75 Å². The van der Waals surface area contributed by atoms with E-state index in [0.717, 1.165) is 10.1 Å². The van der Waals surface area contributed by atoms with Crippen molar-refractivity contribution in [2.24, 2.45) is 19.2 Å². The van der Waals surface area contributed by atoms with E-state index in [2.05, 4.69) is 15.5 Å². The van der Waals surface area contributed by atoms with E-state index in [1.165, 1.54) is 11.6 Å². The molecule has 11 heteroatoms. The highest BCUT2D eigenvalue weighted by Gasteiger charge is 2.19. The van der Waals surface area contributed by atoms with E-state index in [1.54, 1.807) is 36.7 Å². The number of ether oxygens (including phenoxy) is 1. The number of nitrogens with zero attached hydrogens (tertiary/aromatic N) is 5. The number of halogens is 2. The zero-order chi connectivity index (χ0) is 24.4. The molecule has 9 nitrogen and oxygen atoms in total. The van der Waals surface area contributed by atoms with Gasteiger partial charge in [-0.25, -0.2) is 10.2 Å². The molecular weight excluding hydrogens is 479 g/mol. The van der Waals surface area contributed by atoms with Crippen molar-refractivity contribution in [1.29, 1.82) is 0 Å². The van der Waals surface area contributed by atoms with Crippen molar-refractivity contribution in [1.82, 2.24) is 18.7 Å². The Balaban J connectivity index is 1.67. The number of anilines is 1. The van der Waals surface area contributed by atoms with Crippen LogP contribution in [-0.2, 0) is 20.6 Å². The predicted molar refractivity (Wildman–Crippen MR) is 134 cm³/mol. The van der Waals surface area contributed by atoms with Gasteiger partial charge in [-0.1, -0.05) is 53.5 Å². The zero-order valence-corrected chi connectivity index (χ0v) is 20.3. The van der Waals surface area contributed by atoms with E-state index >= 15 is 0 Å². The molecule has 2 aromatic carbocycles. The second kappa shape index (κ2) is 9.74. The van der Waals surface area contributed by atoms with Gasteiger partial charge < -0.3 is 4.74 Å². The summed E-state index contributed by atoms with van der Waals surface area (Å²) in [5.41, 5.74) is 4.16. The molecule has 0 aliphatic heterocycles. The lowest BCUT2D eigenvalue weighted by atomic mass is 10.2. The normalized spacial score (nSPS) is 11.7.